The molecule has 1 aliphatic heterocycles. The molecular weight excluding hydrogens is 310 g/mol. The van der Waals surface area contributed by atoms with Crippen LogP contribution in [0.15, 0.2) is 66.7 Å². The lowest BCUT2D eigenvalue weighted by Crippen LogP contribution is -2.37. The highest BCUT2D eigenvalue weighted by Crippen LogP contribution is 2.24. The van der Waals surface area contributed by atoms with Crippen LogP contribution in [-0.2, 0) is 11.3 Å². The molecule has 0 radical (unpaired) electrons. The van der Waals surface area contributed by atoms with E-state index >= 15 is 0 Å². The van der Waals surface area contributed by atoms with E-state index in [1.807, 2.05) is 60.7 Å². The fourth-order valence-corrected chi connectivity index (χ4v) is 2.74. The number of hydrogen-bond donors (Lipinski definition) is 0. The first-order valence-electron chi connectivity index (χ1n) is 7.60. The third-order valence-corrected chi connectivity index (χ3v) is 4.12. The van der Waals surface area contributed by atoms with Gasteiger partial charge in [0.1, 0.15) is 6.61 Å². The molecule has 3 rings (SSSR count). The van der Waals surface area contributed by atoms with Gasteiger partial charge in [-0.25, -0.2) is 4.79 Å². The Bertz CT molecular complexity index is 682. The first kappa shape index (κ1) is 15.6. The van der Waals surface area contributed by atoms with Crippen molar-refractivity contribution in [1.82, 2.24) is 4.90 Å². The predicted molar refractivity (Wildman–Crippen MR) is 91.5 cm³/mol. The van der Waals surface area contributed by atoms with Gasteiger partial charge in [0.15, 0.2) is 0 Å². The summed E-state index contributed by atoms with van der Waals surface area (Å²) in [6.45, 7) is 1.50. The monoisotopic (exact) mass is 327 g/mol. The van der Waals surface area contributed by atoms with E-state index in [-0.39, 0.29) is 12.0 Å². The van der Waals surface area contributed by atoms with Crippen molar-refractivity contribution < 1.29 is 9.53 Å². The lowest BCUT2D eigenvalue weighted by atomic mass is 9.96. The fraction of sp³-hybridized carbons (Fsp3) is 0.211. The molecule has 118 valence electrons. The van der Waals surface area contributed by atoms with Crippen LogP contribution in [-0.4, -0.2) is 24.1 Å². The molecular formula is C19H18ClNO2. The molecule has 0 spiro atoms. The molecule has 0 saturated carbocycles. The number of nitrogens with zero attached hydrogens (tertiary/aromatic N) is 1. The Morgan fingerprint density at radius 1 is 1.13 bits per heavy atom. The number of hydrogen-bond acceptors (Lipinski definition) is 2. The SMILES string of the molecule is O=C(OCc1ccccc1)N1CC=CC(c2ccc(Cl)cc2)C1. The molecule has 0 aromatic heterocycles. The third kappa shape index (κ3) is 4.14. The molecule has 0 saturated heterocycles. The van der Waals surface area contributed by atoms with E-state index in [0.29, 0.717) is 24.7 Å². The Labute approximate surface area is 141 Å². The zero-order valence-electron chi connectivity index (χ0n) is 12.7. The van der Waals surface area contributed by atoms with Gasteiger partial charge < -0.3 is 9.64 Å². The van der Waals surface area contributed by atoms with Gasteiger partial charge >= 0.3 is 6.09 Å². The van der Waals surface area contributed by atoms with Crippen molar-refractivity contribution in [3.63, 3.8) is 0 Å². The maximum Gasteiger partial charge on any atom is 0.410 e. The zero-order chi connectivity index (χ0) is 16.1. The summed E-state index contributed by atoms with van der Waals surface area (Å²) in [5.41, 5.74) is 2.13. The van der Waals surface area contributed by atoms with Crippen molar-refractivity contribution in [1.29, 1.82) is 0 Å². The van der Waals surface area contributed by atoms with Crippen molar-refractivity contribution in [3.8, 4) is 0 Å². The largest absolute Gasteiger partial charge is 0.445 e. The van der Waals surface area contributed by atoms with Crippen LogP contribution in [0.25, 0.3) is 0 Å². The molecule has 2 aromatic carbocycles. The van der Waals surface area contributed by atoms with E-state index in [1.165, 1.54) is 0 Å². The highest BCUT2D eigenvalue weighted by Gasteiger charge is 2.22. The molecule has 1 heterocycles. The molecule has 1 aliphatic rings. The van der Waals surface area contributed by atoms with Crippen LogP contribution >= 0.6 is 11.6 Å². The molecule has 1 unspecified atom stereocenters. The van der Waals surface area contributed by atoms with Crippen molar-refractivity contribution in [2.75, 3.05) is 13.1 Å². The first-order chi connectivity index (χ1) is 11.2. The van der Waals surface area contributed by atoms with Gasteiger partial charge in [0.05, 0.1) is 0 Å². The average Bonchev–Trinajstić information content (AvgIpc) is 2.61. The number of amides is 1. The number of rotatable bonds is 3. The lowest BCUT2D eigenvalue weighted by Gasteiger charge is -2.28. The highest BCUT2D eigenvalue weighted by molar-refractivity contribution is 6.30. The Kier molecular flexibility index (Phi) is 4.99. The average molecular weight is 328 g/mol. The van der Waals surface area contributed by atoms with Crippen LogP contribution in [0.4, 0.5) is 4.79 Å². The van der Waals surface area contributed by atoms with Crippen LogP contribution in [0.2, 0.25) is 5.02 Å². The molecule has 0 N–H and O–H groups in total. The minimum atomic E-state index is -0.280. The smallest absolute Gasteiger partial charge is 0.410 e. The fourth-order valence-electron chi connectivity index (χ4n) is 2.61. The Morgan fingerprint density at radius 3 is 2.61 bits per heavy atom. The van der Waals surface area contributed by atoms with Crippen molar-refractivity contribution in [2.45, 2.75) is 12.5 Å². The molecule has 1 atom stereocenters. The summed E-state index contributed by atoms with van der Waals surface area (Å²) in [6.07, 6.45) is 3.86. The molecule has 0 aliphatic carbocycles. The van der Waals surface area contributed by atoms with Crippen LogP contribution in [0.5, 0.6) is 0 Å². The van der Waals surface area contributed by atoms with E-state index in [0.717, 1.165) is 11.1 Å². The highest BCUT2D eigenvalue weighted by atomic mass is 35.5. The molecule has 2 aromatic rings. The lowest BCUT2D eigenvalue weighted by molar-refractivity contribution is 0.0977. The number of carbonyl (C=O) groups excluding carboxylic acids is 1. The summed E-state index contributed by atoms with van der Waals surface area (Å²) >= 11 is 5.93. The quantitative estimate of drug-likeness (QED) is 0.769. The van der Waals surface area contributed by atoms with Gasteiger partial charge in [0.2, 0.25) is 0 Å². The summed E-state index contributed by atoms with van der Waals surface area (Å²) in [5, 5.41) is 0.715. The normalized spacial score (nSPS) is 17.1. The predicted octanol–water partition coefficient (Wildman–Crippen LogP) is 4.63. The second-order valence-electron chi connectivity index (χ2n) is 5.53. The van der Waals surface area contributed by atoms with Crippen LogP contribution in [0.3, 0.4) is 0 Å². The van der Waals surface area contributed by atoms with Crippen molar-refractivity contribution >= 4 is 17.7 Å². The molecule has 0 bridgehead atoms. The summed E-state index contributed by atoms with van der Waals surface area (Å²) in [4.78, 5) is 14.0. The summed E-state index contributed by atoms with van der Waals surface area (Å²) in [5.74, 6) is 0.172. The Morgan fingerprint density at radius 2 is 1.87 bits per heavy atom. The van der Waals surface area contributed by atoms with Gasteiger partial charge in [-0.05, 0) is 23.3 Å². The Hall–Kier alpha value is -2.26. The van der Waals surface area contributed by atoms with Crippen LogP contribution < -0.4 is 0 Å². The molecule has 3 nitrogen and oxygen atoms in total. The van der Waals surface area contributed by atoms with Gasteiger partial charge in [-0.1, -0.05) is 66.2 Å². The second-order valence-corrected chi connectivity index (χ2v) is 5.97. The van der Waals surface area contributed by atoms with E-state index in [2.05, 4.69) is 6.08 Å². The van der Waals surface area contributed by atoms with E-state index in [9.17, 15) is 4.79 Å². The minimum Gasteiger partial charge on any atom is -0.445 e. The minimum absolute atomic E-state index is 0.172. The molecule has 4 heteroatoms. The number of carbonyl (C=O) groups is 1. The Balaban J connectivity index is 1.59. The maximum absolute atomic E-state index is 12.3. The van der Waals surface area contributed by atoms with Gasteiger partial charge in [-0.15, -0.1) is 0 Å². The molecule has 0 fully saturated rings. The van der Waals surface area contributed by atoms with Crippen LogP contribution in [0.1, 0.15) is 17.0 Å². The first-order valence-corrected chi connectivity index (χ1v) is 7.98. The number of halogens is 1. The summed E-state index contributed by atoms with van der Waals surface area (Å²) in [7, 11) is 0. The third-order valence-electron chi connectivity index (χ3n) is 3.87. The molecule has 23 heavy (non-hydrogen) atoms. The summed E-state index contributed by atoms with van der Waals surface area (Å²) in [6, 6.07) is 17.4. The van der Waals surface area contributed by atoms with Crippen molar-refractivity contribution in [3.05, 3.63) is 82.9 Å². The molecule has 1 amide bonds. The second kappa shape index (κ2) is 7.34. The number of benzene rings is 2. The van der Waals surface area contributed by atoms with E-state index in [1.54, 1.807) is 4.90 Å². The van der Waals surface area contributed by atoms with Crippen molar-refractivity contribution in [2.24, 2.45) is 0 Å². The van der Waals surface area contributed by atoms with Crippen LogP contribution in [0, 0.1) is 0 Å². The van der Waals surface area contributed by atoms with E-state index in [4.69, 9.17) is 16.3 Å². The van der Waals surface area contributed by atoms with E-state index < -0.39 is 0 Å². The zero-order valence-corrected chi connectivity index (χ0v) is 13.4. The maximum atomic E-state index is 12.3. The number of ether oxygens (including phenoxy) is 1. The topological polar surface area (TPSA) is 29.5 Å². The van der Waals surface area contributed by atoms with Gasteiger partial charge in [-0.3, -0.25) is 0 Å². The van der Waals surface area contributed by atoms with Gasteiger partial charge in [0, 0.05) is 24.0 Å². The van der Waals surface area contributed by atoms with Gasteiger partial charge in [0.25, 0.3) is 0 Å². The van der Waals surface area contributed by atoms with Gasteiger partial charge in [-0.2, -0.15) is 0 Å². The summed E-state index contributed by atoms with van der Waals surface area (Å²) < 4.78 is 5.40. The standard InChI is InChI=1S/C19H18ClNO2/c20-18-10-8-16(9-11-18)17-7-4-12-21(13-17)19(22)23-14-15-5-2-1-3-6-15/h1-11,17H,12-14H2.